The number of benzene rings is 1. The molecule has 1 fully saturated rings. The Morgan fingerprint density at radius 3 is 2.46 bits per heavy atom. The summed E-state index contributed by atoms with van der Waals surface area (Å²) in [4.78, 5) is 1.33. The molecule has 0 spiro atoms. The summed E-state index contributed by atoms with van der Waals surface area (Å²) in [6.45, 7) is 0.319. The standard InChI is InChI=1S/C11H14OS/c12-9-8-11(6-7-11)13-10-4-2-1-3-5-10/h1-5,12H,6-9H2. The topological polar surface area (TPSA) is 20.2 Å². The van der Waals surface area contributed by atoms with Crippen molar-refractivity contribution < 1.29 is 5.11 Å². The molecule has 0 heterocycles. The summed E-state index contributed by atoms with van der Waals surface area (Å²) >= 11 is 1.92. The smallest absolute Gasteiger partial charge is 0.0444 e. The number of aliphatic hydroxyl groups excluding tert-OH is 1. The molecule has 1 aromatic rings. The van der Waals surface area contributed by atoms with Gasteiger partial charge >= 0.3 is 0 Å². The van der Waals surface area contributed by atoms with E-state index in [0.29, 0.717) is 11.4 Å². The molecule has 0 amide bonds. The molecular weight excluding hydrogens is 180 g/mol. The quantitative estimate of drug-likeness (QED) is 0.795. The molecular formula is C11H14OS. The fourth-order valence-electron chi connectivity index (χ4n) is 1.48. The Labute approximate surface area is 83.2 Å². The predicted molar refractivity (Wildman–Crippen MR) is 56.0 cm³/mol. The summed E-state index contributed by atoms with van der Waals surface area (Å²) in [5, 5.41) is 8.91. The van der Waals surface area contributed by atoms with Gasteiger partial charge in [-0.25, -0.2) is 0 Å². The largest absolute Gasteiger partial charge is 0.396 e. The first-order chi connectivity index (χ1) is 6.35. The summed E-state index contributed by atoms with van der Waals surface area (Å²) in [7, 11) is 0. The fraction of sp³-hybridized carbons (Fsp3) is 0.455. The van der Waals surface area contributed by atoms with E-state index < -0.39 is 0 Å². The van der Waals surface area contributed by atoms with Gasteiger partial charge in [-0.3, -0.25) is 0 Å². The fourth-order valence-corrected chi connectivity index (χ4v) is 2.78. The molecule has 1 aromatic carbocycles. The van der Waals surface area contributed by atoms with Crippen LogP contribution in [0.4, 0.5) is 0 Å². The number of aliphatic hydroxyl groups is 1. The molecule has 0 saturated heterocycles. The molecule has 1 saturated carbocycles. The van der Waals surface area contributed by atoms with E-state index in [9.17, 15) is 0 Å². The van der Waals surface area contributed by atoms with Crippen molar-refractivity contribution in [3.8, 4) is 0 Å². The lowest BCUT2D eigenvalue weighted by Crippen LogP contribution is -2.04. The van der Waals surface area contributed by atoms with Gasteiger partial charge in [0.1, 0.15) is 0 Å². The summed E-state index contributed by atoms with van der Waals surface area (Å²) < 4.78 is 0.371. The van der Waals surface area contributed by atoms with Crippen molar-refractivity contribution in [2.75, 3.05) is 6.61 Å². The number of hydrogen-bond acceptors (Lipinski definition) is 2. The maximum absolute atomic E-state index is 8.91. The molecule has 2 rings (SSSR count). The van der Waals surface area contributed by atoms with Gasteiger partial charge in [0.25, 0.3) is 0 Å². The minimum absolute atomic E-state index is 0.319. The van der Waals surface area contributed by atoms with Crippen molar-refractivity contribution in [3.63, 3.8) is 0 Å². The number of thioether (sulfide) groups is 1. The lowest BCUT2D eigenvalue weighted by molar-refractivity contribution is 0.285. The van der Waals surface area contributed by atoms with E-state index >= 15 is 0 Å². The Morgan fingerprint density at radius 1 is 1.23 bits per heavy atom. The lowest BCUT2D eigenvalue weighted by atomic mass is 10.3. The zero-order chi connectivity index (χ0) is 9.15. The Balaban J connectivity index is 1.98. The van der Waals surface area contributed by atoms with E-state index in [4.69, 9.17) is 5.11 Å². The molecule has 1 aliphatic carbocycles. The van der Waals surface area contributed by atoms with Gasteiger partial charge in [0.2, 0.25) is 0 Å². The van der Waals surface area contributed by atoms with Crippen LogP contribution in [-0.4, -0.2) is 16.5 Å². The van der Waals surface area contributed by atoms with Gasteiger partial charge in [-0.2, -0.15) is 0 Å². The van der Waals surface area contributed by atoms with Crippen LogP contribution in [0.1, 0.15) is 19.3 Å². The molecule has 1 nitrogen and oxygen atoms in total. The monoisotopic (exact) mass is 194 g/mol. The summed E-state index contributed by atoms with van der Waals surface area (Å²) in [6, 6.07) is 10.5. The first kappa shape index (κ1) is 9.10. The molecule has 70 valence electrons. The molecule has 2 heteroatoms. The van der Waals surface area contributed by atoms with Crippen molar-refractivity contribution in [1.29, 1.82) is 0 Å². The van der Waals surface area contributed by atoms with Crippen LogP contribution in [0.5, 0.6) is 0 Å². The average Bonchev–Trinajstić information content (AvgIpc) is 2.87. The van der Waals surface area contributed by atoms with Gasteiger partial charge in [0.05, 0.1) is 0 Å². The number of rotatable bonds is 4. The van der Waals surface area contributed by atoms with E-state index in [2.05, 4.69) is 24.3 Å². The Morgan fingerprint density at radius 2 is 1.92 bits per heavy atom. The van der Waals surface area contributed by atoms with Gasteiger partial charge in [-0.1, -0.05) is 18.2 Å². The second-order valence-electron chi connectivity index (χ2n) is 3.57. The second-order valence-corrected chi connectivity index (χ2v) is 5.11. The molecule has 0 unspecified atom stereocenters. The third kappa shape index (κ3) is 2.26. The lowest BCUT2D eigenvalue weighted by Gasteiger charge is -2.12. The van der Waals surface area contributed by atoms with Crippen LogP contribution in [0, 0.1) is 0 Å². The molecule has 0 aliphatic heterocycles. The number of hydrogen-bond donors (Lipinski definition) is 1. The normalized spacial score (nSPS) is 18.5. The average molecular weight is 194 g/mol. The van der Waals surface area contributed by atoms with E-state index in [1.807, 2.05) is 17.8 Å². The maximum Gasteiger partial charge on any atom is 0.0444 e. The van der Waals surface area contributed by atoms with Crippen molar-refractivity contribution in [3.05, 3.63) is 30.3 Å². The van der Waals surface area contributed by atoms with Crippen molar-refractivity contribution in [2.24, 2.45) is 0 Å². The van der Waals surface area contributed by atoms with Gasteiger partial charge in [0, 0.05) is 16.2 Å². The molecule has 0 atom stereocenters. The van der Waals surface area contributed by atoms with Crippen molar-refractivity contribution >= 4 is 11.8 Å². The molecule has 0 aromatic heterocycles. The van der Waals surface area contributed by atoms with Gasteiger partial charge in [-0.15, -0.1) is 11.8 Å². The van der Waals surface area contributed by atoms with E-state index in [1.54, 1.807) is 0 Å². The zero-order valence-electron chi connectivity index (χ0n) is 7.57. The Bertz CT molecular complexity index is 267. The van der Waals surface area contributed by atoms with Crippen molar-refractivity contribution in [1.82, 2.24) is 0 Å². The Hall–Kier alpha value is -0.470. The molecule has 0 radical (unpaired) electrons. The highest BCUT2D eigenvalue weighted by Crippen LogP contribution is 2.53. The molecule has 0 bridgehead atoms. The van der Waals surface area contributed by atoms with E-state index in [1.165, 1.54) is 17.7 Å². The first-order valence-corrected chi connectivity index (χ1v) is 5.51. The predicted octanol–water partition coefficient (Wildman–Crippen LogP) is 2.69. The summed E-state index contributed by atoms with van der Waals surface area (Å²) in [5.74, 6) is 0. The van der Waals surface area contributed by atoms with Gasteiger partial charge in [0.15, 0.2) is 0 Å². The minimum atomic E-state index is 0.319. The third-order valence-electron chi connectivity index (χ3n) is 2.45. The van der Waals surface area contributed by atoms with Crippen LogP contribution in [-0.2, 0) is 0 Å². The van der Waals surface area contributed by atoms with E-state index in [-0.39, 0.29) is 0 Å². The minimum Gasteiger partial charge on any atom is -0.396 e. The van der Waals surface area contributed by atoms with E-state index in [0.717, 1.165) is 6.42 Å². The molecule has 1 aliphatic rings. The van der Waals surface area contributed by atoms with Crippen LogP contribution in [0.2, 0.25) is 0 Å². The van der Waals surface area contributed by atoms with Gasteiger partial charge < -0.3 is 5.11 Å². The maximum atomic E-state index is 8.91. The Kier molecular flexibility index (Phi) is 2.61. The third-order valence-corrected chi connectivity index (χ3v) is 4.01. The van der Waals surface area contributed by atoms with Crippen LogP contribution < -0.4 is 0 Å². The van der Waals surface area contributed by atoms with Crippen LogP contribution in [0.3, 0.4) is 0 Å². The first-order valence-electron chi connectivity index (χ1n) is 4.70. The highest BCUT2D eigenvalue weighted by Gasteiger charge is 2.42. The second kappa shape index (κ2) is 3.72. The van der Waals surface area contributed by atoms with Crippen LogP contribution >= 0.6 is 11.8 Å². The summed E-state index contributed by atoms with van der Waals surface area (Å²) in [6.07, 6.45) is 3.45. The van der Waals surface area contributed by atoms with Crippen LogP contribution in [0.25, 0.3) is 0 Å². The van der Waals surface area contributed by atoms with Gasteiger partial charge in [-0.05, 0) is 31.4 Å². The highest BCUT2D eigenvalue weighted by atomic mass is 32.2. The molecule has 13 heavy (non-hydrogen) atoms. The zero-order valence-corrected chi connectivity index (χ0v) is 8.39. The SMILES string of the molecule is OCCC1(Sc2ccccc2)CC1. The highest BCUT2D eigenvalue weighted by molar-refractivity contribution is 8.01. The van der Waals surface area contributed by atoms with Crippen LogP contribution in [0.15, 0.2) is 35.2 Å². The summed E-state index contributed by atoms with van der Waals surface area (Å²) in [5.41, 5.74) is 0. The molecule has 1 N–H and O–H groups in total. The van der Waals surface area contributed by atoms with Crippen molar-refractivity contribution in [2.45, 2.75) is 28.9 Å².